The molecule has 1 fully saturated rings. The molecule has 0 heterocycles. The topological polar surface area (TPSA) is 12.0 Å². The Kier molecular flexibility index (Phi) is 5.21. The molecule has 1 N–H and O–H groups in total. The minimum absolute atomic E-state index is 0.237. The van der Waals surface area contributed by atoms with Crippen molar-refractivity contribution in [2.75, 3.05) is 13.1 Å². The van der Waals surface area contributed by atoms with Crippen LogP contribution in [-0.4, -0.2) is 13.1 Å². The van der Waals surface area contributed by atoms with Crippen LogP contribution < -0.4 is 5.32 Å². The van der Waals surface area contributed by atoms with Gasteiger partial charge in [0.15, 0.2) is 0 Å². The van der Waals surface area contributed by atoms with Crippen molar-refractivity contribution >= 4 is 0 Å². The van der Waals surface area contributed by atoms with Crippen LogP contribution in [0.4, 0.5) is 0 Å². The third-order valence-electron chi connectivity index (χ3n) is 4.51. The molecule has 0 spiro atoms. The van der Waals surface area contributed by atoms with Crippen LogP contribution in [0.5, 0.6) is 0 Å². The van der Waals surface area contributed by atoms with Crippen LogP contribution in [0.1, 0.15) is 51.0 Å². The molecule has 1 aliphatic carbocycles. The van der Waals surface area contributed by atoms with Crippen molar-refractivity contribution in [1.82, 2.24) is 5.32 Å². The van der Waals surface area contributed by atoms with E-state index in [1.54, 1.807) is 0 Å². The Morgan fingerprint density at radius 3 is 2.53 bits per heavy atom. The van der Waals surface area contributed by atoms with Gasteiger partial charge in [-0.05, 0) is 31.4 Å². The second kappa shape index (κ2) is 6.91. The normalized spacial score (nSPS) is 17.5. The summed E-state index contributed by atoms with van der Waals surface area (Å²) in [5.41, 5.74) is 3.09. The summed E-state index contributed by atoms with van der Waals surface area (Å²) in [5.74, 6) is 0. The summed E-state index contributed by atoms with van der Waals surface area (Å²) >= 11 is 0. The maximum Gasteiger partial charge on any atom is 0.0171 e. The molecule has 0 unspecified atom stereocenters. The van der Waals surface area contributed by atoms with Crippen LogP contribution in [0.15, 0.2) is 42.5 Å². The fourth-order valence-corrected chi connectivity index (χ4v) is 3.29. The molecule has 0 aromatic heterocycles. The van der Waals surface area contributed by atoms with E-state index in [-0.39, 0.29) is 5.41 Å². The third-order valence-corrected chi connectivity index (χ3v) is 4.51. The highest BCUT2D eigenvalue weighted by atomic mass is 14.9. The lowest BCUT2D eigenvalue weighted by Crippen LogP contribution is -2.31. The molecule has 0 atom stereocenters. The number of hydrogen-bond donors (Lipinski definition) is 1. The summed E-state index contributed by atoms with van der Waals surface area (Å²) in [7, 11) is 0. The quantitative estimate of drug-likeness (QED) is 0.562. The van der Waals surface area contributed by atoms with E-state index in [4.69, 9.17) is 0 Å². The van der Waals surface area contributed by atoms with E-state index in [9.17, 15) is 0 Å². The smallest absolute Gasteiger partial charge is 0.0171 e. The molecule has 1 nitrogen and oxygen atoms in total. The van der Waals surface area contributed by atoms with Crippen molar-refractivity contribution in [2.45, 2.75) is 50.9 Å². The Balaban J connectivity index is 2.05. The molecule has 0 bridgehead atoms. The molecule has 1 aliphatic rings. The average molecular weight is 257 g/mol. The second-order valence-corrected chi connectivity index (χ2v) is 5.79. The standard InChI is InChI=1S/C18H27N/c1-3-4-14-19-15-16(2)18(12-8-9-13-18)17-10-6-5-7-11-17/h5-7,10-11,19H,2-4,8-9,12-15H2,1H3. The highest BCUT2D eigenvalue weighted by Gasteiger charge is 2.37. The van der Waals surface area contributed by atoms with Crippen LogP contribution in [0.3, 0.4) is 0 Å². The van der Waals surface area contributed by atoms with Crippen molar-refractivity contribution in [3.63, 3.8) is 0 Å². The van der Waals surface area contributed by atoms with Crippen LogP contribution in [-0.2, 0) is 5.41 Å². The van der Waals surface area contributed by atoms with Crippen LogP contribution in [0.25, 0.3) is 0 Å². The Hall–Kier alpha value is -1.08. The van der Waals surface area contributed by atoms with Crippen molar-refractivity contribution in [1.29, 1.82) is 0 Å². The maximum absolute atomic E-state index is 4.42. The van der Waals surface area contributed by atoms with Crippen molar-refractivity contribution in [2.24, 2.45) is 0 Å². The molecule has 1 aromatic rings. The molecule has 104 valence electrons. The Bertz CT molecular complexity index is 387. The zero-order valence-electron chi connectivity index (χ0n) is 12.3. The Morgan fingerprint density at radius 1 is 1.21 bits per heavy atom. The molecule has 1 aromatic carbocycles. The zero-order chi connectivity index (χ0) is 13.6. The molecule has 0 amide bonds. The summed E-state index contributed by atoms with van der Waals surface area (Å²) < 4.78 is 0. The van der Waals surface area contributed by atoms with E-state index in [1.165, 1.54) is 49.7 Å². The first-order chi connectivity index (χ1) is 9.29. The molecule has 0 radical (unpaired) electrons. The van der Waals surface area contributed by atoms with Gasteiger partial charge in [-0.3, -0.25) is 0 Å². The second-order valence-electron chi connectivity index (χ2n) is 5.79. The molecule has 0 saturated heterocycles. The number of unbranched alkanes of at least 4 members (excludes halogenated alkanes) is 1. The lowest BCUT2D eigenvalue weighted by molar-refractivity contribution is 0.498. The van der Waals surface area contributed by atoms with Crippen LogP contribution >= 0.6 is 0 Å². The minimum Gasteiger partial charge on any atom is -0.313 e. The summed E-state index contributed by atoms with van der Waals surface area (Å²) in [6.07, 6.45) is 7.72. The van der Waals surface area contributed by atoms with Crippen LogP contribution in [0.2, 0.25) is 0 Å². The monoisotopic (exact) mass is 257 g/mol. The van der Waals surface area contributed by atoms with Gasteiger partial charge in [-0.2, -0.15) is 0 Å². The summed E-state index contributed by atoms with van der Waals surface area (Å²) in [6.45, 7) is 8.73. The molecule has 19 heavy (non-hydrogen) atoms. The largest absolute Gasteiger partial charge is 0.313 e. The average Bonchev–Trinajstić information content (AvgIpc) is 2.95. The maximum atomic E-state index is 4.42. The van der Waals surface area contributed by atoms with Gasteiger partial charge < -0.3 is 5.32 Å². The first kappa shape index (κ1) is 14.3. The lowest BCUT2D eigenvalue weighted by atomic mass is 9.73. The number of hydrogen-bond acceptors (Lipinski definition) is 1. The summed E-state index contributed by atoms with van der Waals surface area (Å²) in [4.78, 5) is 0. The van der Waals surface area contributed by atoms with Gasteiger partial charge >= 0.3 is 0 Å². The van der Waals surface area contributed by atoms with Gasteiger partial charge in [0.05, 0.1) is 0 Å². The number of nitrogens with one attached hydrogen (secondary N) is 1. The van der Waals surface area contributed by atoms with Gasteiger partial charge in [0.1, 0.15) is 0 Å². The fourth-order valence-electron chi connectivity index (χ4n) is 3.29. The first-order valence-electron chi connectivity index (χ1n) is 7.74. The molecule has 2 rings (SSSR count). The van der Waals surface area contributed by atoms with E-state index in [1.807, 2.05) is 0 Å². The lowest BCUT2D eigenvalue weighted by Gasteiger charge is -2.32. The van der Waals surface area contributed by atoms with E-state index in [0.717, 1.165) is 13.1 Å². The molecule has 1 saturated carbocycles. The van der Waals surface area contributed by atoms with Gasteiger partial charge in [-0.15, -0.1) is 0 Å². The molecular formula is C18H27N. The highest BCUT2D eigenvalue weighted by molar-refractivity contribution is 5.37. The molecule has 1 heteroatoms. The zero-order valence-corrected chi connectivity index (χ0v) is 12.3. The van der Waals surface area contributed by atoms with Gasteiger partial charge in [-0.1, -0.05) is 68.7 Å². The summed E-state index contributed by atoms with van der Waals surface area (Å²) in [5, 5.41) is 3.56. The van der Waals surface area contributed by atoms with Crippen molar-refractivity contribution < 1.29 is 0 Å². The van der Waals surface area contributed by atoms with Crippen LogP contribution in [0, 0.1) is 0 Å². The van der Waals surface area contributed by atoms with E-state index < -0.39 is 0 Å². The van der Waals surface area contributed by atoms with Crippen molar-refractivity contribution in [3.8, 4) is 0 Å². The summed E-state index contributed by atoms with van der Waals surface area (Å²) in [6, 6.07) is 11.0. The van der Waals surface area contributed by atoms with Gasteiger partial charge in [0, 0.05) is 12.0 Å². The van der Waals surface area contributed by atoms with Gasteiger partial charge in [-0.25, -0.2) is 0 Å². The Morgan fingerprint density at radius 2 is 1.89 bits per heavy atom. The predicted octanol–water partition coefficient (Wildman–Crippen LogP) is 4.44. The van der Waals surface area contributed by atoms with Crippen molar-refractivity contribution in [3.05, 3.63) is 48.0 Å². The van der Waals surface area contributed by atoms with E-state index >= 15 is 0 Å². The highest BCUT2D eigenvalue weighted by Crippen LogP contribution is 2.45. The first-order valence-corrected chi connectivity index (χ1v) is 7.74. The SMILES string of the molecule is C=C(CNCCCC)C1(c2ccccc2)CCCC1. The van der Waals surface area contributed by atoms with Gasteiger partial charge in [0.2, 0.25) is 0 Å². The third kappa shape index (κ3) is 3.27. The molecular weight excluding hydrogens is 230 g/mol. The molecule has 0 aliphatic heterocycles. The van der Waals surface area contributed by atoms with E-state index in [0.29, 0.717) is 0 Å². The predicted molar refractivity (Wildman–Crippen MR) is 83.5 cm³/mol. The Labute approximate surface area is 118 Å². The number of benzene rings is 1. The van der Waals surface area contributed by atoms with Gasteiger partial charge in [0.25, 0.3) is 0 Å². The van der Waals surface area contributed by atoms with E-state index in [2.05, 4.69) is 49.2 Å². The number of rotatable bonds is 7. The minimum atomic E-state index is 0.237. The fraction of sp³-hybridized carbons (Fsp3) is 0.556.